The minimum atomic E-state index is 0.308. The SMILES string of the molecule is Cc1ccc([C@H]2CN(C(=O)C3CCCC3)C[C@H]2CN2CCCCC2)cc1. The number of hydrogen-bond acceptors (Lipinski definition) is 2. The summed E-state index contributed by atoms with van der Waals surface area (Å²) < 4.78 is 0. The Labute approximate surface area is 158 Å². The van der Waals surface area contributed by atoms with Crippen LogP contribution in [0.4, 0.5) is 0 Å². The predicted octanol–water partition coefficient (Wildman–Crippen LogP) is 4.21. The molecule has 3 nitrogen and oxygen atoms in total. The van der Waals surface area contributed by atoms with Crippen molar-refractivity contribution in [3.05, 3.63) is 35.4 Å². The Bertz CT molecular complexity index is 599. The number of benzene rings is 1. The van der Waals surface area contributed by atoms with Gasteiger partial charge < -0.3 is 9.80 Å². The van der Waals surface area contributed by atoms with E-state index in [1.165, 1.54) is 56.3 Å². The van der Waals surface area contributed by atoms with Crippen LogP contribution in [0, 0.1) is 18.8 Å². The van der Waals surface area contributed by atoms with E-state index in [0.717, 1.165) is 32.5 Å². The van der Waals surface area contributed by atoms with Gasteiger partial charge in [-0.1, -0.05) is 49.1 Å². The van der Waals surface area contributed by atoms with E-state index in [0.29, 0.717) is 23.7 Å². The van der Waals surface area contributed by atoms with Crippen LogP contribution in [0.5, 0.6) is 0 Å². The monoisotopic (exact) mass is 354 g/mol. The van der Waals surface area contributed by atoms with Crippen LogP contribution in [0.15, 0.2) is 24.3 Å². The van der Waals surface area contributed by atoms with Gasteiger partial charge in [0.1, 0.15) is 0 Å². The largest absolute Gasteiger partial charge is 0.341 e. The second-order valence-corrected chi connectivity index (χ2v) is 8.86. The highest BCUT2D eigenvalue weighted by Crippen LogP contribution is 2.36. The summed E-state index contributed by atoms with van der Waals surface area (Å²) in [5.41, 5.74) is 2.75. The lowest BCUT2D eigenvalue weighted by molar-refractivity contribution is -0.134. The van der Waals surface area contributed by atoms with Gasteiger partial charge in [0, 0.05) is 31.5 Å². The van der Waals surface area contributed by atoms with Gasteiger partial charge in [-0.25, -0.2) is 0 Å². The van der Waals surface area contributed by atoms with Crippen molar-refractivity contribution >= 4 is 5.91 Å². The van der Waals surface area contributed by atoms with Gasteiger partial charge in [0.25, 0.3) is 0 Å². The van der Waals surface area contributed by atoms with E-state index in [1.54, 1.807) is 0 Å². The van der Waals surface area contributed by atoms with Gasteiger partial charge in [0.05, 0.1) is 0 Å². The van der Waals surface area contributed by atoms with Crippen LogP contribution in [0.25, 0.3) is 0 Å². The Morgan fingerprint density at radius 3 is 2.35 bits per heavy atom. The van der Waals surface area contributed by atoms with Crippen molar-refractivity contribution in [2.75, 3.05) is 32.7 Å². The minimum Gasteiger partial charge on any atom is -0.341 e. The van der Waals surface area contributed by atoms with E-state index in [9.17, 15) is 4.79 Å². The van der Waals surface area contributed by atoms with E-state index in [1.807, 2.05) is 0 Å². The standard InChI is InChI=1S/C23H34N2O/c1-18-9-11-19(12-10-18)22-17-25(23(26)20-7-3-4-8-20)16-21(22)15-24-13-5-2-6-14-24/h9-12,20-22H,2-8,13-17H2,1H3/t21-,22-/m1/s1. The van der Waals surface area contributed by atoms with Crippen molar-refractivity contribution < 1.29 is 4.79 Å². The first-order valence-corrected chi connectivity index (χ1v) is 10.8. The van der Waals surface area contributed by atoms with Crippen molar-refractivity contribution in [3.63, 3.8) is 0 Å². The lowest BCUT2D eigenvalue weighted by atomic mass is 9.88. The Balaban J connectivity index is 1.49. The fourth-order valence-electron chi connectivity index (χ4n) is 5.33. The Morgan fingerprint density at radius 2 is 1.65 bits per heavy atom. The zero-order chi connectivity index (χ0) is 17.9. The van der Waals surface area contributed by atoms with Crippen LogP contribution in [0.3, 0.4) is 0 Å². The van der Waals surface area contributed by atoms with Gasteiger partial charge in [0.15, 0.2) is 0 Å². The van der Waals surface area contributed by atoms with Gasteiger partial charge >= 0.3 is 0 Å². The molecule has 1 aromatic carbocycles. The predicted molar refractivity (Wildman–Crippen MR) is 106 cm³/mol. The number of amides is 1. The maximum atomic E-state index is 13.0. The van der Waals surface area contributed by atoms with Crippen LogP contribution in [0.1, 0.15) is 62.0 Å². The fraction of sp³-hybridized carbons (Fsp3) is 0.696. The van der Waals surface area contributed by atoms with Gasteiger partial charge in [0.2, 0.25) is 5.91 Å². The van der Waals surface area contributed by atoms with Crippen molar-refractivity contribution in [3.8, 4) is 0 Å². The Morgan fingerprint density at radius 1 is 0.962 bits per heavy atom. The van der Waals surface area contributed by atoms with Crippen molar-refractivity contribution in [1.29, 1.82) is 0 Å². The summed E-state index contributed by atoms with van der Waals surface area (Å²) in [6.07, 6.45) is 8.77. The molecule has 2 saturated heterocycles. The summed E-state index contributed by atoms with van der Waals surface area (Å²) in [4.78, 5) is 17.9. The number of rotatable bonds is 4. The van der Waals surface area contributed by atoms with E-state index in [4.69, 9.17) is 0 Å². The average Bonchev–Trinajstić information content (AvgIpc) is 3.33. The highest BCUT2D eigenvalue weighted by Gasteiger charge is 2.39. The van der Waals surface area contributed by atoms with Crippen molar-refractivity contribution in [2.45, 2.75) is 57.8 Å². The van der Waals surface area contributed by atoms with Gasteiger partial charge in [-0.05, 0) is 57.2 Å². The van der Waals surface area contributed by atoms with Gasteiger partial charge in [-0.2, -0.15) is 0 Å². The summed E-state index contributed by atoms with van der Waals surface area (Å²) in [7, 11) is 0. The highest BCUT2D eigenvalue weighted by molar-refractivity contribution is 5.79. The minimum absolute atomic E-state index is 0.308. The second-order valence-electron chi connectivity index (χ2n) is 8.86. The van der Waals surface area contributed by atoms with Crippen LogP contribution < -0.4 is 0 Å². The quantitative estimate of drug-likeness (QED) is 0.808. The van der Waals surface area contributed by atoms with E-state index in [2.05, 4.69) is 41.0 Å². The molecule has 1 aliphatic carbocycles. The molecule has 2 aliphatic heterocycles. The molecule has 1 aromatic rings. The summed E-state index contributed by atoms with van der Waals surface area (Å²) in [5, 5.41) is 0. The molecule has 3 aliphatic rings. The smallest absolute Gasteiger partial charge is 0.225 e. The van der Waals surface area contributed by atoms with Gasteiger partial charge in [-0.3, -0.25) is 4.79 Å². The second kappa shape index (κ2) is 8.12. The normalized spacial score (nSPS) is 28.0. The maximum absolute atomic E-state index is 13.0. The Kier molecular flexibility index (Phi) is 5.63. The molecule has 2 atom stereocenters. The van der Waals surface area contributed by atoms with Crippen molar-refractivity contribution in [2.24, 2.45) is 11.8 Å². The molecule has 0 aromatic heterocycles. The molecule has 4 rings (SSSR count). The third kappa shape index (κ3) is 3.98. The average molecular weight is 355 g/mol. The number of nitrogens with zero attached hydrogens (tertiary/aromatic N) is 2. The summed E-state index contributed by atoms with van der Waals surface area (Å²) in [6, 6.07) is 9.06. The molecule has 1 saturated carbocycles. The van der Waals surface area contributed by atoms with Crippen LogP contribution in [-0.4, -0.2) is 48.4 Å². The number of likely N-dealkylation sites (tertiary alicyclic amines) is 2. The van der Waals surface area contributed by atoms with Gasteiger partial charge in [-0.15, -0.1) is 0 Å². The number of carbonyl (C=O) groups is 1. The molecule has 0 bridgehead atoms. The highest BCUT2D eigenvalue weighted by atomic mass is 16.2. The van der Waals surface area contributed by atoms with Crippen LogP contribution in [0.2, 0.25) is 0 Å². The molecule has 0 spiro atoms. The zero-order valence-electron chi connectivity index (χ0n) is 16.3. The first-order chi connectivity index (χ1) is 12.7. The first kappa shape index (κ1) is 18.0. The van der Waals surface area contributed by atoms with Crippen molar-refractivity contribution in [1.82, 2.24) is 9.80 Å². The molecular formula is C23H34N2O. The van der Waals surface area contributed by atoms with E-state index in [-0.39, 0.29) is 0 Å². The molecule has 0 N–H and O–H groups in total. The lowest BCUT2D eigenvalue weighted by Crippen LogP contribution is -2.37. The summed E-state index contributed by atoms with van der Waals surface area (Å²) >= 11 is 0. The third-order valence-electron chi connectivity index (χ3n) is 6.90. The van der Waals surface area contributed by atoms with Crippen LogP contribution in [-0.2, 0) is 4.79 Å². The summed E-state index contributed by atoms with van der Waals surface area (Å²) in [6.45, 7) is 7.69. The molecular weight excluding hydrogens is 320 g/mol. The maximum Gasteiger partial charge on any atom is 0.225 e. The molecule has 1 amide bonds. The fourth-order valence-corrected chi connectivity index (χ4v) is 5.33. The Hall–Kier alpha value is -1.35. The van der Waals surface area contributed by atoms with E-state index < -0.39 is 0 Å². The number of piperidine rings is 1. The van der Waals surface area contributed by atoms with E-state index >= 15 is 0 Å². The number of aryl methyl sites for hydroxylation is 1. The van der Waals surface area contributed by atoms with Crippen LogP contribution >= 0.6 is 0 Å². The molecule has 26 heavy (non-hydrogen) atoms. The molecule has 0 radical (unpaired) electrons. The first-order valence-electron chi connectivity index (χ1n) is 10.8. The lowest BCUT2D eigenvalue weighted by Gasteiger charge is -2.31. The molecule has 0 unspecified atom stereocenters. The topological polar surface area (TPSA) is 23.6 Å². The zero-order valence-corrected chi connectivity index (χ0v) is 16.3. The summed E-state index contributed by atoms with van der Waals surface area (Å²) in [5.74, 6) is 1.84. The molecule has 3 heteroatoms. The third-order valence-corrected chi connectivity index (χ3v) is 6.90. The molecule has 2 heterocycles. The number of hydrogen-bond donors (Lipinski definition) is 0. The molecule has 142 valence electrons. The molecule has 3 fully saturated rings. The number of carbonyl (C=O) groups excluding carboxylic acids is 1.